The lowest BCUT2D eigenvalue weighted by atomic mass is 9.89. The average molecular weight is 251 g/mol. The number of methoxy groups -OCH3 is 1. The summed E-state index contributed by atoms with van der Waals surface area (Å²) >= 11 is 0. The molecule has 0 amide bonds. The zero-order chi connectivity index (χ0) is 13.0. The molecule has 1 aromatic rings. The predicted molar refractivity (Wildman–Crippen MR) is 69.2 cm³/mol. The van der Waals surface area contributed by atoms with Crippen molar-refractivity contribution < 1.29 is 9.47 Å². The van der Waals surface area contributed by atoms with Crippen molar-refractivity contribution >= 4 is 5.82 Å². The molecule has 5 heteroatoms. The fraction of sp³-hybridized carbons (Fsp3) is 0.692. The number of aromatic nitrogens is 2. The van der Waals surface area contributed by atoms with Crippen LogP contribution >= 0.6 is 0 Å². The van der Waals surface area contributed by atoms with Gasteiger partial charge in [0.05, 0.1) is 0 Å². The van der Waals surface area contributed by atoms with Gasteiger partial charge in [0.25, 0.3) is 0 Å². The van der Waals surface area contributed by atoms with Crippen molar-refractivity contribution in [2.75, 3.05) is 12.8 Å². The van der Waals surface area contributed by atoms with E-state index in [-0.39, 0.29) is 6.10 Å². The summed E-state index contributed by atoms with van der Waals surface area (Å²) in [5.41, 5.74) is 5.73. The molecule has 5 nitrogen and oxygen atoms in total. The third-order valence-electron chi connectivity index (χ3n) is 3.29. The lowest BCUT2D eigenvalue weighted by Crippen LogP contribution is -2.23. The van der Waals surface area contributed by atoms with Crippen LogP contribution < -0.4 is 10.5 Å². The molecule has 1 aliphatic carbocycles. The van der Waals surface area contributed by atoms with Crippen LogP contribution in [-0.4, -0.2) is 23.2 Å². The summed E-state index contributed by atoms with van der Waals surface area (Å²) < 4.78 is 10.9. The van der Waals surface area contributed by atoms with E-state index >= 15 is 0 Å². The maximum absolute atomic E-state index is 5.88. The minimum absolute atomic E-state index is 0.255. The molecule has 2 rings (SSSR count). The molecular formula is C13H21N3O2. The van der Waals surface area contributed by atoms with Crippen molar-refractivity contribution in [2.45, 2.75) is 45.3 Å². The molecule has 2 N–H and O–H groups in total. The molecular weight excluding hydrogens is 230 g/mol. The summed E-state index contributed by atoms with van der Waals surface area (Å²) in [5, 5.41) is 0. The Hall–Kier alpha value is -1.36. The van der Waals surface area contributed by atoms with Gasteiger partial charge in [0, 0.05) is 13.2 Å². The van der Waals surface area contributed by atoms with Crippen LogP contribution in [0.4, 0.5) is 5.82 Å². The molecule has 0 unspecified atom stereocenters. The number of ether oxygens (including phenoxy) is 2. The van der Waals surface area contributed by atoms with E-state index < -0.39 is 0 Å². The second-order valence-corrected chi connectivity index (χ2v) is 4.98. The first-order valence-corrected chi connectivity index (χ1v) is 6.46. The van der Waals surface area contributed by atoms with Gasteiger partial charge >= 0.3 is 0 Å². The number of nitrogens with zero attached hydrogens (tertiary/aromatic N) is 2. The lowest BCUT2D eigenvalue weighted by Gasteiger charge is -2.26. The standard InChI is InChI=1S/C13H21N3O2/c1-9-3-5-10(6-4-9)18-13-7-11(14)15-12(16-13)8-17-2/h7,9-10H,3-6,8H2,1-2H3,(H2,14,15,16). The fourth-order valence-electron chi connectivity index (χ4n) is 2.26. The molecule has 1 aromatic heterocycles. The molecule has 0 saturated heterocycles. The summed E-state index contributed by atoms with van der Waals surface area (Å²) in [5.74, 6) is 2.37. The first kappa shape index (κ1) is 13.1. The minimum Gasteiger partial charge on any atom is -0.474 e. The Balaban J connectivity index is 2.00. The molecule has 1 aliphatic rings. The predicted octanol–water partition coefficient (Wildman–Crippen LogP) is 2.16. The van der Waals surface area contributed by atoms with E-state index in [1.807, 2.05) is 0 Å². The molecule has 0 aliphatic heterocycles. The molecule has 0 atom stereocenters. The second kappa shape index (κ2) is 6.00. The fourth-order valence-corrected chi connectivity index (χ4v) is 2.26. The van der Waals surface area contributed by atoms with Gasteiger partial charge in [-0.3, -0.25) is 0 Å². The van der Waals surface area contributed by atoms with Gasteiger partial charge in [0.1, 0.15) is 18.5 Å². The third kappa shape index (κ3) is 3.57. The Bertz CT molecular complexity index is 390. The topological polar surface area (TPSA) is 70.3 Å². The van der Waals surface area contributed by atoms with Crippen LogP contribution in [0.25, 0.3) is 0 Å². The zero-order valence-corrected chi connectivity index (χ0v) is 11.1. The van der Waals surface area contributed by atoms with Gasteiger partial charge in [-0.15, -0.1) is 0 Å². The smallest absolute Gasteiger partial charge is 0.219 e. The number of nitrogen functional groups attached to an aromatic ring is 1. The Morgan fingerprint density at radius 1 is 1.28 bits per heavy atom. The Morgan fingerprint density at radius 3 is 2.67 bits per heavy atom. The van der Waals surface area contributed by atoms with Crippen molar-refractivity contribution in [3.63, 3.8) is 0 Å². The Kier molecular flexibility index (Phi) is 4.36. The molecule has 100 valence electrons. The summed E-state index contributed by atoms with van der Waals surface area (Å²) in [6.45, 7) is 2.64. The SMILES string of the molecule is COCc1nc(N)cc(OC2CCC(C)CC2)n1. The maximum Gasteiger partial charge on any atom is 0.219 e. The van der Waals surface area contributed by atoms with Gasteiger partial charge in [-0.25, -0.2) is 4.98 Å². The average Bonchev–Trinajstić information content (AvgIpc) is 2.32. The molecule has 0 spiro atoms. The van der Waals surface area contributed by atoms with Crippen LogP contribution in [0.15, 0.2) is 6.07 Å². The van der Waals surface area contributed by atoms with Crippen molar-refractivity contribution in [1.29, 1.82) is 0 Å². The lowest BCUT2D eigenvalue weighted by molar-refractivity contribution is 0.127. The van der Waals surface area contributed by atoms with Gasteiger partial charge in [0.2, 0.25) is 5.88 Å². The second-order valence-electron chi connectivity index (χ2n) is 4.98. The number of rotatable bonds is 4. The molecule has 1 saturated carbocycles. The van der Waals surface area contributed by atoms with E-state index in [9.17, 15) is 0 Å². The van der Waals surface area contributed by atoms with E-state index in [4.69, 9.17) is 15.2 Å². The van der Waals surface area contributed by atoms with Crippen molar-refractivity contribution in [3.8, 4) is 5.88 Å². The van der Waals surface area contributed by atoms with Crippen LogP contribution in [-0.2, 0) is 11.3 Å². The summed E-state index contributed by atoms with van der Waals surface area (Å²) in [6.07, 6.45) is 4.87. The normalized spacial score (nSPS) is 23.9. The van der Waals surface area contributed by atoms with Crippen molar-refractivity contribution in [3.05, 3.63) is 11.9 Å². The first-order valence-electron chi connectivity index (χ1n) is 6.46. The molecule has 0 radical (unpaired) electrons. The van der Waals surface area contributed by atoms with Crippen molar-refractivity contribution in [2.24, 2.45) is 5.92 Å². The minimum atomic E-state index is 0.255. The molecule has 0 aromatic carbocycles. The first-order chi connectivity index (χ1) is 8.67. The highest BCUT2D eigenvalue weighted by atomic mass is 16.5. The van der Waals surface area contributed by atoms with E-state index in [0.29, 0.717) is 24.1 Å². The van der Waals surface area contributed by atoms with Crippen LogP contribution in [0.5, 0.6) is 5.88 Å². The molecule has 18 heavy (non-hydrogen) atoms. The summed E-state index contributed by atoms with van der Waals surface area (Å²) in [4.78, 5) is 8.39. The summed E-state index contributed by atoms with van der Waals surface area (Å²) in [7, 11) is 1.61. The third-order valence-corrected chi connectivity index (χ3v) is 3.29. The van der Waals surface area contributed by atoms with E-state index in [0.717, 1.165) is 18.8 Å². The van der Waals surface area contributed by atoms with Crippen LogP contribution in [0.2, 0.25) is 0 Å². The monoisotopic (exact) mass is 251 g/mol. The molecule has 1 heterocycles. The number of hydrogen-bond donors (Lipinski definition) is 1. The molecule has 1 fully saturated rings. The number of nitrogens with two attached hydrogens (primary N) is 1. The van der Waals surface area contributed by atoms with Crippen molar-refractivity contribution in [1.82, 2.24) is 9.97 Å². The van der Waals surface area contributed by atoms with Crippen LogP contribution in [0, 0.1) is 5.92 Å². The van der Waals surface area contributed by atoms with Crippen LogP contribution in [0.1, 0.15) is 38.4 Å². The van der Waals surface area contributed by atoms with Gasteiger partial charge in [0.15, 0.2) is 5.82 Å². The number of anilines is 1. The van der Waals surface area contributed by atoms with E-state index in [1.54, 1.807) is 13.2 Å². The highest BCUT2D eigenvalue weighted by Crippen LogP contribution is 2.26. The quantitative estimate of drug-likeness (QED) is 0.888. The summed E-state index contributed by atoms with van der Waals surface area (Å²) in [6, 6.07) is 1.68. The van der Waals surface area contributed by atoms with Gasteiger partial charge in [-0.2, -0.15) is 4.98 Å². The Labute approximate surface area is 108 Å². The highest BCUT2D eigenvalue weighted by molar-refractivity contribution is 5.32. The zero-order valence-electron chi connectivity index (χ0n) is 11.1. The van der Waals surface area contributed by atoms with Gasteiger partial charge < -0.3 is 15.2 Å². The van der Waals surface area contributed by atoms with Gasteiger partial charge in [-0.05, 0) is 31.6 Å². The largest absolute Gasteiger partial charge is 0.474 e. The maximum atomic E-state index is 5.88. The van der Waals surface area contributed by atoms with E-state index in [1.165, 1.54) is 12.8 Å². The van der Waals surface area contributed by atoms with Gasteiger partial charge in [-0.1, -0.05) is 6.92 Å². The van der Waals surface area contributed by atoms with Crippen LogP contribution in [0.3, 0.4) is 0 Å². The van der Waals surface area contributed by atoms with E-state index in [2.05, 4.69) is 16.9 Å². The Morgan fingerprint density at radius 2 is 2.00 bits per heavy atom. The molecule has 0 bridgehead atoms. The number of hydrogen-bond acceptors (Lipinski definition) is 5. The highest BCUT2D eigenvalue weighted by Gasteiger charge is 2.20.